The zero-order valence-electron chi connectivity index (χ0n) is 16.8. The molecule has 1 atom stereocenters. The van der Waals surface area contributed by atoms with Gasteiger partial charge in [0, 0.05) is 18.6 Å². The predicted octanol–water partition coefficient (Wildman–Crippen LogP) is 3.89. The minimum atomic E-state index is -0.562. The zero-order chi connectivity index (χ0) is 20.7. The Hall–Kier alpha value is -2.53. The van der Waals surface area contributed by atoms with E-state index in [1.54, 1.807) is 30.1 Å². The molecule has 0 unspecified atom stereocenters. The number of hydrogen-bond donors (Lipinski definition) is 1. The summed E-state index contributed by atoms with van der Waals surface area (Å²) in [5.74, 6) is 0.136. The van der Waals surface area contributed by atoms with E-state index in [9.17, 15) is 9.59 Å². The molecular formula is C22H27ClN2O3. The van der Waals surface area contributed by atoms with Crippen molar-refractivity contribution in [2.75, 3.05) is 13.7 Å². The van der Waals surface area contributed by atoms with Crippen molar-refractivity contribution in [1.82, 2.24) is 10.2 Å². The van der Waals surface area contributed by atoms with Gasteiger partial charge >= 0.3 is 0 Å². The first kappa shape index (κ1) is 21.8. The maximum atomic E-state index is 13.0. The average Bonchev–Trinajstić information content (AvgIpc) is 2.69. The minimum absolute atomic E-state index is 0.152. The SMILES string of the molecule is CC[C@H](C(=O)NC)N(Cc1ccccc1C)C(=O)COc1ccc(Cl)c(C)c1. The second-order valence-electron chi connectivity index (χ2n) is 6.69. The Balaban J connectivity index is 2.21. The van der Waals surface area contributed by atoms with Crippen LogP contribution in [0.15, 0.2) is 42.5 Å². The van der Waals surface area contributed by atoms with Crippen LogP contribution < -0.4 is 10.1 Å². The molecule has 150 valence electrons. The summed E-state index contributed by atoms with van der Waals surface area (Å²) in [5, 5.41) is 3.29. The molecule has 2 rings (SSSR count). The number of amides is 2. The van der Waals surface area contributed by atoms with E-state index >= 15 is 0 Å². The third-order valence-corrected chi connectivity index (χ3v) is 5.15. The van der Waals surface area contributed by atoms with Crippen LogP contribution in [0.25, 0.3) is 0 Å². The van der Waals surface area contributed by atoms with Crippen molar-refractivity contribution in [3.63, 3.8) is 0 Å². The van der Waals surface area contributed by atoms with E-state index < -0.39 is 6.04 Å². The normalized spacial score (nSPS) is 11.6. The van der Waals surface area contributed by atoms with Crippen LogP contribution in [0, 0.1) is 13.8 Å². The molecule has 28 heavy (non-hydrogen) atoms. The summed E-state index contributed by atoms with van der Waals surface area (Å²) in [5.41, 5.74) is 2.95. The lowest BCUT2D eigenvalue weighted by molar-refractivity contribution is -0.142. The molecule has 0 aliphatic heterocycles. The van der Waals surface area contributed by atoms with E-state index in [2.05, 4.69) is 5.32 Å². The zero-order valence-corrected chi connectivity index (χ0v) is 17.5. The summed E-state index contributed by atoms with van der Waals surface area (Å²) >= 11 is 6.03. The van der Waals surface area contributed by atoms with Gasteiger partial charge in [-0.25, -0.2) is 0 Å². The van der Waals surface area contributed by atoms with Crippen LogP contribution in [-0.4, -0.2) is 36.4 Å². The Morgan fingerprint density at radius 1 is 1.14 bits per heavy atom. The Morgan fingerprint density at radius 2 is 1.86 bits per heavy atom. The molecular weight excluding hydrogens is 376 g/mol. The highest BCUT2D eigenvalue weighted by atomic mass is 35.5. The molecule has 6 heteroatoms. The average molecular weight is 403 g/mol. The van der Waals surface area contributed by atoms with E-state index in [1.807, 2.05) is 45.0 Å². The van der Waals surface area contributed by atoms with Gasteiger partial charge in [0.1, 0.15) is 11.8 Å². The van der Waals surface area contributed by atoms with Gasteiger partial charge in [0.25, 0.3) is 5.91 Å². The van der Waals surface area contributed by atoms with Crippen molar-refractivity contribution in [2.45, 2.75) is 39.8 Å². The van der Waals surface area contributed by atoms with Crippen molar-refractivity contribution in [2.24, 2.45) is 0 Å². The van der Waals surface area contributed by atoms with Crippen LogP contribution in [-0.2, 0) is 16.1 Å². The van der Waals surface area contributed by atoms with Crippen molar-refractivity contribution < 1.29 is 14.3 Å². The van der Waals surface area contributed by atoms with Gasteiger partial charge < -0.3 is 15.0 Å². The number of halogens is 1. The first-order chi connectivity index (χ1) is 13.4. The third kappa shape index (κ3) is 5.49. The highest BCUT2D eigenvalue weighted by molar-refractivity contribution is 6.31. The molecule has 0 bridgehead atoms. The standard InChI is InChI=1S/C22H27ClN2O3/c1-5-20(22(27)24-4)25(13-17-9-7-6-8-15(17)2)21(26)14-28-18-10-11-19(23)16(3)12-18/h6-12,20H,5,13-14H2,1-4H3,(H,24,27)/t20-/m1/s1. The lowest BCUT2D eigenvalue weighted by Crippen LogP contribution is -2.49. The van der Waals surface area contributed by atoms with Crippen LogP contribution >= 0.6 is 11.6 Å². The fraction of sp³-hybridized carbons (Fsp3) is 0.364. The van der Waals surface area contributed by atoms with Crippen LogP contribution in [0.2, 0.25) is 5.02 Å². The molecule has 0 saturated carbocycles. The first-order valence-electron chi connectivity index (χ1n) is 9.31. The molecule has 1 N–H and O–H groups in total. The number of nitrogens with one attached hydrogen (secondary N) is 1. The minimum Gasteiger partial charge on any atom is -0.484 e. The molecule has 0 saturated heterocycles. The molecule has 5 nitrogen and oxygen atoms in total. The molecule has 2 aromatic carbocycles. The molecule has 0 radical (unpaired) electrons. The van der Waals surface area contributed by atoms with Crippen LogP contribution in [0.1, 0.15) is 30.0 Å². The number of ether oxygens (including phenoxy) is 1. The van der Waals surface area contributed by atoms with Gasteiger partial charge in [-0.1, -0.05) is 42.8 Å². The molecule has 2 amide bonds. The highest BCUT2D eigenvalue weighted by Gasteiger charge is 2.28. The second-order valence-corrected chi connectivity index (χ2v) is 7.09. The summed E-state index contributed by atoms with van der Waals surface area (Å²) in [6.45, 7) is 5.95. The largest absolute Gasteiger partial charge is 0.484 e. The third-order valence-electron chi connectivity index (χ3n) is 4.73. The fourth-order valence-corrected chi connectivity index (χ4v) is 3.11. The van der Waals surface area contributed by atoms with Crippen LogP contribution in [0.3, 0.4) is 0 Å². The van der Waals surface area contributed by atoms with Gasteiger partial charge in [-0.15, -0.1) is 0 Å². The topological polar surface area (TPSA) is 58.6 Å². The molecule has 0 aliphatic rings. The molecule has 2 aromatic rings. The molecule has 0 aromatic heterocycles. The maximum absolute atomic E-state index is 13.0. The first-order valence-corrected chi connectivity index (χ1v) is 9.69. The summed E-state index contributed by atoms with van der Waals surface area (Å²) in [4.78, 5) is 26.9. The lowest BCUT2D eigenvalue weighted by Gasteiger charge is -2.30. The van der Waals surface area contributed by atoms with Crippen LogP contribution in [0.4, 0.5) is 0 Å². The predicted molar refractivity (Wildman–Crippen MR) is 112 cm³/mol. The molecule has 0 aliphatic carbocycles. The van der Waals surface area contributed by atoms with E-state index in [1.165, 1.54) is 0 Å². The Labute approximate surface area is 171 Å². The van der Waals surface area contributed by atoms with Gasteiger partial charge in [-0.05, 0) is 55.2 Å². The fourth-order valence-electron chi connectivity index (χ4n) is 2.99. The lowest BCUT2D eigenvalue weighted by atomic mass is 10.1. The number of benzene rings is 2. The summed E-state index contributed by atoms with van der Waals surface area (Å²) in [7, 11) is 1.58. The molecule has 0 spiro atoms. The van der Waals surface area contributed by atoms with E-state index in [0.29, 0.717) is 23.7 Å². The number of nitrogens with zero attached hydrogens (tertiary/aromatic N) is 1. The summed E-state index contributed by atoms with van der Waals surface area (Å²) in [6, 6.07) is 12.5. The monoisotopic (exact) mass is 402 g/mol. The van der Waals surface area contributed by atoms with Gasteiger partial charge in [-0.3, -0.25) is 9.59 Å². The van der Waals surface area contributed by atoms with E-state index in [-0.39, 0.29) is 18.4 Å². The Bertz CT molecular complexity index is 838. The van der Waals surface area contributed by atoms with Crippen molar-refractivity contribution >= 4 is 23.4 Å². The van der Waals surface area contributed by atoms with E-state index in [0.717, 1.165) is 16.7 Å². The van der Waals surface area contributed by atoms with E-state index in [4.69, 9.17) is 16.3 Å². The van der Waals surface area contributed by atoms with Gasteiger partial charge in [-0.2, -0.15) is 0 Å². The summed E-state index contributed by atoms with van der Waals surface area (Å²) < 4.78 is 5.68. The number of carbonyl (C=O) groups is 2. The molecule has 0 fully saturated rings. The molecule has 0 heterocycles. The van der Waals surface area contributed by atoms with Crippen molar-refractivity contribution in [3.05, 3.63) is 64.2 Å². The second kappa shape index (κ2) is 10.1. The number of rotatable bonds is 8. The van der Waals surface area contributed by atoms with Crippen molar-refractivity contribution in [1.29, 1.82) is 0 Å². The van der Waals surface area contributed by atoms with Crippen LogP contribution in [0.5, 0.6) is 5.75 Å². The van der Waals surface area contributed by atoms with Gasteiger partial charge in [0.05, 0.1) is 0 Å². The number of likely N-dealkylation sites (N-methyl/N-ethyl adjacent to an activating group) is 1. The Kier molecular flexibility index (Phi) is 7.88. The number of aryl methyl sites for hydroxylation is 2. The van der Waals surface area contributed by atoms with Gasteiger partial charge in [0.2, 0.25) is 5.91 Å². The number of carbonyl (C=O) groups excluding carboxylic acids is 2. The van der Waals surface area contributed by atoms with Gasteiger partial charge in [0.15, 0.2) is 6.61 Å². The quantitative estimate of drug-likeness (QED) is 0.728. The Morgan fingerprint density at radius 3 is 2.46 bits per heavy atom. The van der Waals surface area contributed by atoms with Crippen molar-refractivity contribution in [3.8, 4) is 5.75 Å². The smallest absolute Gasteiger partial charge is 0.261 e. The summed E-state index contributed by atoms with van der Waals surface area (Å²) in [6.07, 6.45) is 0.511. The maximum Gasteiger partial charge on any atom is 0.261 e. The number of hydrogen-bond acceptors (Lipinski definition) is 3. The highest BCUT2D eigenvalue weighted by Crippen LogP contribution is 2.21.